The molecule has 0 radical (unpaired) electrons. The van der Waals surface area contributed by atoms with Gasteiger partial charge in [0.15, 0.2) is 0 Å². The zero-order valence-electron chi connectivity index (χ0n) is 29.7. The first kappa shape index (κ1) is 41.8. The Morgan fingerprint density at radius 1 is 0.830 bits per heavy atom. The molecule has 1 aromatic heterocycles. The highest BCUT2D eigenvalue weighted by molar-refractivity contribution is 7.46. The average Bonchev–Trinajstić information content (AvgIpc) is 3.51. The molecule has 0 bridgehead atoms. The van der Waals surface area contributed by atoms with E-state index in [-0.39, 0.29) is 0 Å². The third-order valence-corrected chi connectivity index (χ3v) is 9.60. The lowest BCUT2D eigenvalue weighted by molar-refractivity contribution is -0.155. The summed E-state index contributed by atoms with van der Waals surface area (Å²) in [6.45, 7) is 8.82. The maximum Gasteiger partial charge on any atom is 0.470 e. The predicted molar refractivity (Wildman–Crippen MR) is 186 cm³/mol. The fraction of sp³-hybridized carbons (Fsp3) is 0.886. The number of hydrogen-bond donors (Lipinski definition) is 3. The Hall–Kier alpha value is -1.33. The van der Waals surface area contributed by atoms with Crippen LogP contribution in [0.1, 0.15) is 161 Å². The van der Waals surface area contributed by atoms with Crippen LogP contribution in [0, 0.1) is 6.92 Å². The summed E-state index contributed by atoms with van der Waals surface area (Å²) in [4.78, 5) is 46.6. The molecule has 1 aliphatic heterocycles. The fourth-order valence-electron chi connectivity index (χ4n) is 6.30. The Labute approximate surface area is 282 Å². The number of nitrogens with zero attached hydrogens (tertiary/aromatic N) is 1. The van der Waals surface area contributed by atoms with Crippen LogP contribution in [0.4, 0.5) is 0 Å². The van der Waals surface area contributed by atoms with E-state index in [1.807, 2.05) is 6.92 Å². The molecule has 5 atom stereocenters. The minimum atomic E-state index is -4.94. The molecule has 1 saturated heterocycles. The largest absolute Gasteiger partial charge is 0.470 e. The van der Waals surface area contributed by atoms with E-state index in [0.717, 1.165) is 38.5 Å². The standard InChI is InChI=1S/C35H65N2O9P/c1-5-7-9-11-13-15-16-18-20-22-26-44-32(29(4)43-25-21-19-17-14-12-10-8-6-2)33(46-47(40,41)42)30-23-24-31(45-30)37-27-28(3)34(38)36-35(37)39/h27,29-33H,5-26H2,1-4H3,(H,36,38,39)(H2,40,41,42)/t29?,30-,31+,32?,33?/m0/s1. The van der Waals surface area contributed by atoms with Gasteiger partial charge in [0.1, 0.15) is 18.4 Å². The van der Waals surface area contributed by atoms with Crippen molar-refractivity contribution in [3.63, 3.8) is 0 Å². The number of phosphoric acid groups is 1. The molecule has 1 aliphatic rings. The Morgan fingerprint density at radius 3 is 1.83 bits per heavy atom. The van der Waals surface area contributed by atoms with Gasteiger partial charge in [-0.1, -0.05) is 117 Å². The molecule has 3 N–H and O–H groups in total. The first-order chi connectivity index (χ1) is 22.6. The third-order valence-electron chi connectivity index (χ3n) is 9.08. The molecule has 11 nitrogen and oxygen atoms in total. The zero-order valence-corrected chi connectivity index (χ0v) is 30.6. The summed E-state index contributed by atoms with van der Waals surface area (Å²) in [5.74, 6) is 0. The average molecular weight is 689 g/mol. The normalized spacial score (nSPS) is 18.9. The molecule has 2 rings (SSSR count). The van der Waals surface area contributed by atoms with Crippen molar-refractivity contribution >= 4 is 7.82 Å². The van der Waals surface area contributed by atoms with Crippen molar-refractivity contribution in [2.45, 2.75) is 187 Å². The summed E-state index contributed by atoms with van der Waals surface area (Å²) < 4.78 is 37.7. The van der Waals surface area contributed by atoms with Crippen molar-refractivity contribution in [3.8, 4) is 0 Å². The maximum atomic E-state index is 12.5. The number of H-pyrrole nitrogens is 1. The molecular weight excluding hydrogens is 623 g/mol. The van der Waals surface area contributed by atoms with Gasteiger partial charge in [0.05, 0.1) is 12.2 Å². The quantitative estimate of drug-likeness (QED) is 0.0591. The second kappa shape index (κ2) is 23.9. The van der Waals surface area contributed by atoms with Crippen LogP contribution in [-0.4, -0.2) is 57.0 Å². The zero-order chi connectivity index (χ0) is 34.5. The number of aromatic nitrogens is 2. The Bertz CT molecular complexity index is 1120. The van der Waals surface area contributed by atoms with Gasteiger partial charge in [0.2, 0.25) is 0 Å². The Balaban J connectivity index is 2.03. The SMILES string of the molecule is CCCCCCCCCCCCOC(C(C)OCCCCCCCCCC)C(OP(=O)(O)O)[C@@H]1CC[C@H](n2cc(C)c(=O)[nH]c2=O)O1. The molecule has 0 saturated carbocycles. The van der Waals surface area contributed by atoms with Gasteiger partial charge in [-0.15, -0.1) is 0 Å². The van der Waals surface area contributed by atoms with Crippen LogP contribution >= 0.6 is 7.82 Å². The van der Waals surface area contributed by atoms with Crippen LogP contribution in [0.2, 0.25) is 0 Å². The van der Waals surface area contributed by atoms with Crippen molar-refractivity contribution in [2.24, 2.45) is 0 Å². The van der Waals surface area contributed by atoms with Gasteiger partial charge in [-0.2, -0.15) is 0 Å². The molecule has 1 fully saturated rings. The van der Waals surface area contributed by atoms with Gasteiger partial charge < -0.3 is 24.0 Å². The molecular formula is C35H65N2O9P. The summed E-state index contributed by atoms with van der Waals surface area (Å²) >= 11 is 0. The van der Waals surface area contributed by atoms with Gasteiger partial charge in [-0.05, 0) is 39.5 Å². The minimum absolute atomic E-state index is 0.361. The van der Waals surface area contributed by atoms with Crippen molar-refractivity contribution < 1.29 is 33.1 Å². The number of aryl methyl sites for hydroxylation is 1. The number of rotatable bonds is 28. The molecule has 0 aliphatic carbocycles. The molecule has 274 valence electrons. The van der Waals surface area contributed by atoms with Crippen LogP contribution < -0.4 is 11.2 Å². The number of nitrogens with one attached hydrogen (secondary N) is 1. The first-order valence-electron chi connectivity index (χ1n) is 18.5. The predicted octanol–water partition coefficient (Wildman–Crippen LogP) is 7.85. The molecule has 0 amide bonds. The van der Waals surface area contributed by atoms with E-state index in [4.69, 9.17) is 18.7 Å². The first-order valence-corrected chi connectivity index (χ1v) is 20.0. The molecule has 0 spiro atoms. The van der Waals surface area contributed by atoms with Gasteiger partial charge in [0.25, 0.3) is 5.56 Å². The lowest BCUT2D eigenvalue weighted by Crippen LogP contribution is -2.47. The van der Waals surface area contributed by atoms with E-state index in [0.29, 0.717) is 31.6 Å². The third kappa shape index (κ3) is 17.2. The maximum absolute atomic E-state index is 12.5. The molecule has 3 unspecified atom stereocenters. The van der Waals surface area contributed by atoms with Crippen molar-refractivity contribution in [3.05, 3.63) is 32.6 Å². The molecule has 2 heterocycles. The van der Waals surface area contributed by atoms with Gasteiger partial charge in [-0.25, -0.2) is 9.36 Å². The summed E-state index contributed by atoms with van der Waals surface area (Å²) in [6.07, 6.45) is 19.5. The smallest absolute Gasteiger partial charge is 0.376 e. The molecule has 47 heavy (non-hydrogen) atoms. The molecule has 12 heteroatoms. The Kier molecular flexibility index (Phi) is 21.3. The van der Waals surface area contributed by atoms with Crippen molar-refractivity contribution in [1.82, 2.24) is 9.55 Å². The van der Waals surface area contributed by atoms with E-state index in [2.05, 4.69) is 18.8 Å². The number of aromatic amines is 1. The monoisotopic (exact) mass is 688 g/mol. The second-order valence-electron chi connectivity index (χ2n) is 13.3. The van der Waals surface area contributed by atoms with Crippen molar-refractivity contribution in [1.29, 1.82) is 0 Å². The van der Waals surface area contributed by atoms with Gasteiger partial charge in [-0.3, -0.25) is 18.9 Å². The van der Waals surface area contributed by atoms with E-state index in [1.54, 1.807) is 6.92 Å². The lowest BCUT2D eigenvalue weighted by atomic mass is 10.0. The van der Waals surface area contributed by atoms with Crippen LogP contribution in [0.5, 0.6) is 0 Å². The van der Waals surface area contributed by atoms with E-state index < -0.39 is 49.7 Å². The number of hydrogen-bond acceptors (Lipinski definition) is 7. The molecule has 1 aromatic rings. The lowest BCUT2D eigenvalue weighted by Gasteiger charge is -2.35. The van der Waals surface area contributed by atoms with E-state index in [1.165, 1.54) is 87.8 Å². The Morgan fingerprint density at radius 2 is 1.32 bits per heavy atom. The van der Waals surface area contributed by atoms with Crippen LogP contribution in [0.3, 0.4) is 0 Å². The highest BCUT2D eigenvalue weighted by Gasteiger charge is 2.44. The van der Waals surface area contributed by atoms with E-state index in [9.17, 15) is 23.9 Å². The van der Waals surface area contributed by atoms with Gasteiger partial charge >= 0.3 is 13.5 Å². The van der Waals surface area contributed by atoms with Crippen LogP contribution in [0.25, 0.3) is 0 Å². The summed E-state index contributed by atoms with van der Waals surface area (Å²) in [5.41, 5.74) is -0.707. The summed E-state index contributed by atoms with van der Waals surface area (Å²) in [7, 11) is -4.94. The fourth-order valence-corrected chi connectivity index (χ4v) is 6.87. The highest BCUT2D eigenvalue weighted by Crippen LogP contribution is 2.43. The van der Waals surface area contributed by atoms with Crippen LogP contribution in [-0.2, 0) is 23.3 Å². The number of phosphoric ester groups is 1. The topological polar surface area (TPSA) is 149 Å². The summed E-state index contributed by atoms with van der Waals surface area (Å²) in [5, 5.41) is 0. The van der Waals surface area contributed by atoms with Gasteiger partial charge in [0, 0.05) is 25.0 Å². The number of ether oxygens (including phenoxy) is 3. The van der Waals surface area contributed by atoms with E-state index >= 15 is 0 Å². The summed E-state index contributed by atoms with van der Waals surface area (Å²) in [6, 6.07) is 0. The number of unbranched alkanes of at least 4 members (excludes halogenated alkanes) is 16. The second-order valence-corrected chi connectivity index (χ2v) is 14.5. The minimum Gasteiger partial charge on any atom is -0.376 e. The highest BCUT2D eigenvalue weighted by atomic mass is 31.2. The van der Waals surface area contributed by atoms with Crippen LogP contribution in [0.15, 0.2) is 15.8 Å². The van der Waals surface area contributed by atoms with Crippen molar-refractivity contribution in [2.75, 3.05) is 13.2 Å². The molecule has 0 aromatic carbocycles.